The van der Waals surface area contributed by atoms with Gasteiger partial charge in [-0.1, -0.05) is 74.5 Å². The summed E-state index contributed by atoms with van der Waals surface area (Å²) >= 11 is 1.18. The van der Waals surface area contributed by atoms with Crippen molar-refractivity contribution in [3.05, 3.63) is 87.9 Å². The van der Waals surface area contributed by atoms with E-state index in [1.54, 1.807) is 12.3 Å². The second-order valence-corrected chi connectivity index (χ2v) is 9.80. The molecule has 0 fully saturated rings. The zero-order valence-corrected chi connectivity index (χ0v) is 22.1. The molecular weight excluding hydrogens is 490 g/mol. The van der Waals surface area contributed by atoms with Crippen LogP contribution in [0.2, 0.25) is 0 Å². The van der Waals surface area contributed by atoms with E-state index in [4.69, 9.17) is 9.47 Å². The van der Waals surface area contributed by atoms with E-state index in [1.165, 1.54) is 11.3 Å². The predicted octanol–water partition coefficient (Wildman–Crippen LogP) is 5.06. The Bertz CT molecular complexity index is 1150. The fourth-order valence-electron chi connectivity index (χ4n) is 3.70. The highest BCUT2D eigenvalue weighted by Crippen LogP contribution is 2.24. The lowest BCUT2D eigenvalue weighted by molar-refractivity contribution is -0.124. The number of carbonyl (C=O) groups excluding carboxylic acids is 3. The summed E-state index contributed by atoms with van der Waals surface area (Å²) in [5, 5.41) is 7.75. The van der Waals surface area contributed by atoms with E-state index in [9.17, 15) is 14.4 Å². The number of rotatable bonds is 12. The number of aromatic nitrogens is 1. The number of amides is 2. The minimum Gasteiger partial charge on any atom is -0.461 e. The molecule has 0 aliphatic carbocycles. The number of hydrogen-bond acceptors (Lipinski definition) is 7. The maximum Gasteiger partial charge on any atom is 0.408 e. The van der Waals surface area contributed by atoms with Crippen molar-refractivity contribution in [3.8, 4) is 0 Å². The SMILES string of the molecule is CCOC(=O)c1nc(C(CC(C)C)NC(=O)[C@H](Cc2ccccc2)NC(=O)OCc2ccccc2)cs1. The van der Waals surface area contributed by atoms with Gasteiger partial charge in [0.1, 0.15) is 12.6 Å². The molecule has 3 rings (SSSR count). The number of esters is 1. The molecule has 0 spiro atoms. The number of ether oxygens (including phenoxy) is 2. The lowest BCUT2D eigenvalue weighted by Gasteiger charge is -2.24. The Morgan fingerprint density at radius 3 is 2.19 bits per heavy atom. The molecule has 9 heteroatoms. The molecule has 2 aromatic carbocycles. The number of carbonyl (C=O) groups is 3. The molecule has 2 N–H and O–H groups in total. The van der Waals surface area contributed by atoms with Gasteiger partial charge in [0.15, 0.2) is 0 Å². The highest BCUT2D eigenvalue weighted by atomic mass is 32.1. The first-order chi connectivity index (χ1) is 17.9. The van der Waals surface area contributed by atoms with Crippen LogP contribution < -0.4 is 10.6 Å². The van der Waals surface area contributed by atoms with Crippen LogP contribution in [0.15, 0.2) is 66.0 Å². The maximum absolute atomic E-state index is 13.5. The Kier molecular flexibility index (Phi) is 10.6. The Morgan fingerprint density at radius 1 is 0.919 bits per heavy atom. The zero-order valence-electron chi connectivity index (χ0n) is 21.3. The quantitative estimate of drug-likeness (QED) is 0.321. The van der Waals surface area contributed by atoms with Gasteiger partial charge >= 0.3 is 12.1 Å². The molecule has 1 heterocycles. The molecule has 2 atom stereocenters. The van der Waals surface area contributed by atoms with Crippen LogP contribution in [0.3, 0.4) is 0 Å². The van der Waals surface area contributed by atoms with Gasteiger partial charge < -0.3 is 20.1 Å². The Morgan fingerprint density at radius 2 is 1.57 bits per heavy atom. The van der Waals surface area contributed by atoms with Crippen molar-refractivity contribution in [3.63, 3.8) is 0 Å². The molecule has 37 heavy (non-hydrogen) atoms. The van der Waals surface area contributed by atoms with Gasteiger partial charge in [-0.05, 0) is 30.4 Å². The average Bonchev–Trinajstić information content (AvgIpc) is 3.38. The van der Waals surface area contributed by atoms with Crippen LogP contribution in [-0.2, 0) is 27.3 Å². The molecule has 0 aliphatic rings. The highest BCUT2D eigenvalue weighted by Gasteiger charge is 2.27. The molecule has 8 nitrogen and oxygen atoms in total. The lowest BCUT2D eigenvalue weighted by Crippen LogP contribution is -2.49. The summed E-state index contributed by atoms with van der Waals surface area (Å²) in [4.78, 5) is 42.6. The smallest absolute Gasteiger partial charge is 0.408 e. The summed E-state index contributed by atoms with van der Waals surface area (Å²) in [5.41, 5.74) is 2.32. The van der Waals surface area contributed by atoms with Gasteiger partial charge in [-0.25, -0.2) is 14.6 Å². The number of alkyl carbamates (subject to hydrolysis) is 1. The number of nitrogens with zero attached hydrogens (tertiary/aromatic N) is 1. The van der Waals surface area contributed by atoms with Gasteiger partial charge in [0.25, 0.3) is 0 Å². The van der Waals surface area contributed by atoms with E-state index < -0.39 is 24.1 Å². The Hall–Kier alpha value is -3.72. The van der Waals surface area contributed by atoms with E-state index in [0.29, 0.717) is 12.1 Å². The predicted molar refractivity (Wildman–Crippen MR) is 142 cm³/mol. The fourth-order valence-corrected chi connectivity index (χ4v) is 4.46. The van der Waals surface area contributed by atoms with Crippen LogP contribution in [0.5, 0.6) is 0 Å². The minimum atomic E-state index is -0.872. The summed E-state index contributed by atoms with van der Waals surface area (Å²) in [5.74, 6) is -0.607. The number of hydrogen-bond donors (Lipinski definition) is 2. The molecule has 0 bridgehead atoms. The number of thiazole rings is 1. The van der Waals surface area contributed by atoms with E-state index in [-0.39, 0.29) is 36.5 Å². The largest absolute Gasteiger partial charge is 0.461 e. The second kappa shape index (κ2) is 14.1. The summed E-state index contributed by atoms with van der Waals surface area (Å²) in [6.07, 6.45) is 0.208. The molecule has 196 valence electrons. The van der Waals surface area contributed by atoms with E-state index in [0.717, 1.165) is 11.1 Å². The summed E-state index contributed by atoms with van der Waals surface area (Å²) in [6, 6.07) is 17.5. The fraction of sp³-hybridized carbons (Fsp3) is 0.357. The van der Waals surface area contributed by atoms with Crippen LogP contribution in [0.4, 0.5) is 4.79 Å². The molecule has 0 saturated heterocycles. The van der Waals surface area contributed by atoms with E-state index in [1.807, 2.05) is 74.5 Å². The van der Waals surface area contributed by atoms with Crippen LogP contribution in [-0.4, -0.2) is 35.6 Å². The van der Waals surface area contributed by atoms with E-state index >= 15 is 0 Å². The topological polar surface area (TPSA) is 107 Å². The standard InChI is InChI=1S/C28H33N3O5S/c1-4-35-27(33)26-30-24(18-37-26)22(15-19(2)3)29-25(32)23(16-20-11-7-5-8-12-20)31-28(34)36-17-21-13-9-6-10-14-21/h5-14,18-19,22-23H,4,15-17H2,1-3H3,(H,29,32)(H,31,34)/t22?,23-/m0/s1. The molecule has 0 aliphatic heterocycles. The zero-order chi connectivity index (χ0) is 26.6. The maximum atomic E-state index is 13.5. The first kappa shape index (κ1) is 27.9. The average molecular weight is 524 g/mol. The summed E-state index contributed by atoms with van der Waals surface area (Å²) < 4.78 is 10.4. The van der Waals surface area contributed by atoms with Crippen molar-refractivity contribution in [1.82, 2.24) is 15.6 Å². The lowest BCUT2D eigenvalue weighted by atomic mass is 10.00. The summed E-state index contributed by atoms with van der Waals surface area (Å²) in [7, 11) is 0. The van der Waals surface area contributed by atoms with Crippen molar-refractivity contribution in [2.75, 3.05) is 6.61 Å². The minimum absolute atomic E-state index is 0.0950. The molecule has 1 aromatic heterocycles. The van der Waals surface area contributed by atoms with Crippen LogP contribution >= 0.6 is 11.3 Å². The van der Waals surface area contributed by atoms with Crippen LogP contribution in [0.25, 0.3) is 0 Å². The molecule has 3 aromatic rings. The third kappa shape index (κ3) is 9.02. The van der Waals surface area contributed by atoms with Crippen molar-refractivity contribution in [2.45, 2.75) is 52.3 Å². The third-order valence-corrected chi connectivity index (χ3v) is 6.30. The second-order valence-electron chi connectivity index (χ2n) is 8.94. The first-order valence-electron chi connectivity index (χ1n) is 12.3. The Balaban J connectivity index is 1.74. The van der Waals surface area contributed by atoms with Gasteiger partial charge in [0, 0.05) is 11.8 Å². The van der Waals surface area contributed by atoms with Gasteiger partial charge in [0.2, 0.25) is 10.9 Å². The molecule has 2 amide bonds. The molecule has 1 unspecified atom stereocenters. The van der Waals surface area contributed by atoms with Crippen LogP contribution in [0.1, 0.15) is 59.9 Å². The normalized spacial score (nSPS) is 12.4. The monoisotopic (exact) mass is 523 g/mol. The number of nitrogens with one attached hydrogen (secondary N) is 2. The van der Waals surface area contributed by atoms with Crippen molar-refractivity contribution >= 4 is 29.3 Å². The van der Waals surface area contributed by atoms with Gasteiger partial charge in [-0.15, -0.1) is 11.3 Å². The van der Waals surface area contributed by atoms with E-state index in [2.05, 4.69) is 15.6 Å². The van der Waals surface area contributed by atoms with Gasteiger partial charge in [-0.2, -0.15) is 0 Å². The van der Waals surface area contributed by atoms with Gasteiger partial charge in [-0.3, -0.25) is 4.79 Å². The van der Waals surface area contributed by atoms with Crippen molar-refractivity contribution in [2.24, 2.45) is 5.92 Å². The van der Waals surface area contributed by atoms with Crippen molar-refractivity contribution < 1.29 is 23.9 Å². The molecule has 0 saturated carbocycles. The Labute approximate surface area is 221 Å². The highest BCUT2D eigenvalue weighted by molar-refractivity contribution is 7.11. The first-order valence-corrected chi connectivity index (χ1v) is 13.2. The van der Waals surface area contributed by atoms with Crippen molar-refractivity contribution in [1.29, 1.82) is 0 Å². The molecular formula is C28H33N3O5S. The summed E-state index contributed by atoms with van der Waals surface area (Å²) in [6.45, 7) is 6.17. The molecule has 0 radical (unpaired) electrons. The van der Waals surface area contributed by atoms with Gasteiger partial charge in [0.05, 0.1) is 18.3 Å². The van der Waals surface area contributed by atoms with Crippen LogP contribution in [0, 0.1) is 5.92 Å². The third-order valence-electron chi connectivity index (χ3n) is 5.46. The number of benzene rings is 2.